The summed E-state index contributed by atoms with van der Waals surface area (Å²) in [5, 5.41) is 15.2. The Bertz CT molecular complexity index is 938. The Morgan fingerprint density at radius 2 is 2.08 bits per heavy atom. The van der Waals surface area contributed by atoms with Crippen molar-refractivity contribution >= 4 is 23.2 Å². The van der Waals surface area contributed by atoms with Crippen LogP contribution in [-0.4, -0.2) is 26.1 Å². The zero-order valence-corrected chi connectivity index (χ0v) is 14.3. The van der Waals surface area contributed by atoms with Gasteiger partial charge in [-0.1, -0.05) is 41.9 Å². The maximum Gasteiger partial charge on any atom is 0.228 e. The Kier molecular flexibility index (Phi) is 3.97. The number of aryl methyl sites for hydroxylation is 1. The molecule has 2 aromatic carbocycles. The van der Waals surface area contributed by atoms with Crippen LogP contribution in [0.3, 0.4) is 0 Å². The van der Waals surface area contributed by atoms with Crippen LogP contribution in [0, 0.1) is 5.92 Å². The van der Waals surface area contributed by atoms with E-state index in [1.165, 1.54) is 0 Å². The first kappa shape index (κ1) is 15.8. The summed E-state index contributed by atoms with van der Waals surface area (Å²) >= 11 is 6.23. The van der Waals surface area contributed by atoms with Gasteiger partial charge in [-0.15, -0.1) is 5.10 Å². The second-order valence-electron chi connectivity index (χ2n) is 6.17. The van der Waals surface area contributed by atoms with Crippen LogP contribution in [0.4, 0.5) is 5.69 Å². The predicted octanol–water partition coefficient (Wildman–Crippen LogP) is 3.27. The molecule has 1 amide bonds. The average Bonchev–Trinajstić information content (AvgIpc) is 3.29. The van der Waals surface area contributed by atoms with Crippen molar-refractivity contribution in [3.63, 3.8) is 0 Å². The predicted molar refractivity (Wildman–Crippen MR) is 95.2 cm³/mol. The summed E-state index contributed by atoms with van der Waals surface area (Å²) in [6.45, 7) is 0. The number of carbonyl (C=O) groups excluding carboxylic acids is 1. The van der Waals surface area contributed by atoms with Crippen LogP contribution in [0.2, 0.25) is 5.02 Å². The van der Waals surface area contributed by atoms with Crippen molar-refractivity contribution in [1.82, 2.24) is 20.2 Å². The lowest BCUT2D eigenvalue weighted by atomic mass is 10.1. The van der Waals surface area contributed by atoms with Crippen molar-refractivity contribution in [2.75, 3.05) is 5.32 Å². The molecule has 25 heavy (non-hydrogen) atoms. The molecular formula is C18H16ClN5O. The number of tetrazole rings is 1. The van der Waals surface area contributed by atoms with Gasteiger partial charge < -0.3 is 5.32 Å². The zero-order chi connectivity index (χ0) is 17.4. The third-order valence-corrected chi connectivity index (χ3v) is 4.78. The Hall–Kier alpha value is -2.73. The molecule has 6 nitrogen and oxygen atoms in total. The number of benzene rings is 2. The molecule has 2 unspecified atom stereocenters. The lowest BCUT2D eigenvalue weighted by Gasteiger charge is -2.07. The first-order valence-corrected chi connectivity index (χ1v) is 8.39. The van der Waals surface area contributed by atoms with E-state index in [1.807, 2.05) is 48.5 Å². The summed E-state index contributed by atoms with van der Waals surface area (Å²) in [7, 11) is 1.78. The summed E-state index contributed by atoms with van der Waals surface area (Å²) < 4.78 is 1.59. The van der Waals surface area contributed by atoms with Gasteiger partial charge in [-0.2, -0.15) is 0 Å². The van der Waals surface area contributed by atoms with Crippen LogP contribution < -0.4 is 5.32 Å². The highest BCUT2D eigenvalue weighted by molar-refractivity contribution is 6.31. The van der Waals surface area contributed by atoms with Gasteiger partial charge >= 0.3 is 0 Å². The van der Waals surface area contributed by atoms with Crippen LogP contribution in [-0.2, 0) is 11.8 Å². The Labute approximate surface area is 149 Å². The van der Waals surface area contributed by atoms with E-state index in [4.69, 9.17) is 11.6 Å². The van der Waals surface area contributed by atoms with E-state index in [0.29, 0.717) is 5.82 Å². The van der Waals surface area contributed by atoms with E-state index < -0.39 is 0 Å². The van der Waals surface area contributed by atoms with Crippen molar-refractivity contribution in [1.29, 1.82) is 0 Å². The van der Waals surface area contributed by atoms with E-state index in [0.717, 1.165) is 28.3 Å². The van der Waals surface area contributed by atoms with Gasteiger partial charge in [0.2, 0.25) is 5.91 Å². The number of rotatable bonds is 4. The summed E-state index contributed by atoms with van der Waals surface area (Å²) in [5.41, 5.74) is 2.63. The molecule has 0 bridgehead atoms. The van der Waals surface area contributed by atoms with Gasteiger partial charge in [0.1, 0.15) is 0 Å². The molecule has 1 heterocycles. The summed E-state index contributed by atoms with van der Waals surface area (Å²) in [4.78, 5) is 12.5. The maximum atomic E-state index is 12.5. The quantitative estimate of drug-likeness (QED) is 0.781. The van der Waals surface area contributed by atoms with Crippen LogP contribution in [0.1, 0.15) is 17.9 Å². The number of hydrogen-bond donors (Lipinski definition) is 1. The van der Waals surface area contributed by atoms with Gasteiger partial charge in [-0.25, -0.2) is 4.68 Å². The average molecular weight is 354 g/mol. The van der Waals surface area contributed by atoms with Gasteiger partial charge in [0.15, 0.2) is 5.82 Å². The lowest BCUT2D eigenvalue weighted by molar-refractivity contribution is -0.117. The molecule has 3 aromatic rings. The highest BCUT2D eigenvalue weighted by Gasteiger charge is 2.44. The van der Waals surface area contributed by atoms with Gasteiger partial charge in [-0.3, -0.25) is 4.79 Å². The standard InChI is InChI=1S/C18H16ClN5O/c1-24-17(21-22-23-24)11-5-4-6-12(9-11)20-18(25)15-10-14(15)13-7-2-3-8-16(13)19/h2-9,14-15H,10H2,1H3,(H,20,25). The second-order valence-corrected chi connectivity index (χ2v) is 6.57. The highest BCUT2D eigenvalue weighted by atomic mass is 35.5. The lowest BCUT2D eigenvalue weighted by Crippen LogP contribution is -2.14. The largest absolute Gasteiger partial charge is 0.326 e. The number of amides is 1. The molecule has 1 aliphatic carbocycles. The van der Waals surface area contributed by atoms with Crippen molar-refractivity contribution in [3.05, 3.63) is 59.1 Å². The number of hydrogen-bond acceptors (Lipinski definition) is 4. The van der Waals surface area contributed by atoms with Crippen LogP contribution >= 0.6 is 11.6 Å². The number of nitrogens with zero attached hydrogens (tertiary/aromatic N) is 4. The smallest absolute Gasteiger partial charge is 0.228 e. The summed E-state index contributed by atoms with van der Waals surface area (Å²) in [6, 6.07) is 15.2. The Morgan fingerprint density at radius 3 is 2.84 bits per heavy atom. The first-order chi connectivity index (χ1) is 12.1. The monoisotopic (exact) mass is 353 g/mol. The van der Waals surface area contributed by atoms with Crippen molar-refractivity contribution in [3.8, 4) is 11.4 Å². The van der Waals surface area contributed by atoms with Gasteiger partial charge in [-0.05, 0) is 46.5 Å². The fraction of sp³-hybridized carbons (Fsp3) is 0.222. The molecule has 7 heteroatoms. The molecule has 1 aromatic heterocycles. The van der Waals surface area contributed by atoms with Gasteiger partial charge in [0, 0.05) is 29.2 Å². The van der Waals surface area contributed by atoms with E-state index in [9.17, 15) is 4.79 Å². The second kappa shape index (κ2) is 6.29. The molecular weight excluding hydrogens is 338 g/mol. The molecule has 0 spiro atoms. The number of halogens is 1. The summed E-state index contributed by atoms with van der Waals surface area (Å²) in [6.07, 6.45) is 0.822. The minimum Gasteiger partial charge on any atom is -0.326 e. The molecule has 126 valence electrons. The normalized spacial score (nSPS) is 18.8. The fourth-order valence-corrected chi connectivity index (χ4v) is 3.33. The third kappa shape index (κ3) is 3.13. The van der Waals surface area contributed by atoms with Gasteiger partial charge in [0.05, 0.1) is 0 Å². The molecule has 0 saturated heterocycles. The molecule has 1 aliphatic rings. The van der Waals surface area contributed by atoms with Gasteiger partial charge in [0.25, 0.3) is 0 Å². The van der Waals surface area contributed by atoms with Crippen molar-refractivity contribution in [2.24, 2.45) is 13.0 Å². The Morgan fingerprint density at radius 1 is 1.24 bits per heavy atom. The minimum atomic E-state index is -0.0416. The molecule has 1 saturated carbocycles. The first-order valence-electron chi connectivity index (χ1n) is 8.01. The topological polar surface area (TPSA) is 72.7 Å². The minimum absolute atomic E-state index is 0.0122. The number of nitrogens with one attached hydrogen (secondary N) is 1. The van der Waals surface area contributed by atoms with Crippen molar-refractivity contribution in [2.45, 2.75) is 12.3 Å². The third-order valence-electron chi connectivity index (χ3n) is 4.44. The SMILES string of the molecule is Cn1nnnc1-c1cccc(NC(=O)C2CC2c2ccccc2Cl)c1. The number of carbonyl (C=O) groups is 1. The molecule has 2 atom stereocenters. The highest BCUT2D eigenvalue weighted by Crippen LogP contribution is 2.50. The molecule has 0 aliphatic heterocycles. The fourth-order valence-electron chi connectivity index (χ4n) is 3.05. The van der Waals surface area contributed by atoms with E-state index in [2.05, 4.69) is 20.8 Å². The van der Waals surface area contributed by atoms with Crippen LogP contribution in [0.15, 0.2) is 48.5 Å². The van der Waals surface area contributed by atoms with Crippen molar-refractivity contribution < 1.29 is 4.79 Å². The van der Waals surface area contributed by atoms with E-state index in [-0.39, 0.29) is 17.7 Å². The van der Waals surface area contributed by atoms with Crippen LogP contribution in [0.5, 0.6) is 0 Å². The van der Waals surface area contributed by atoms with E-state index >= 15 is 0 Å². The molecule has 1 fully saturated rings. The number of aromatic nitrogens is 4. The number of anilines is 1. The molecule has 0 radical (unpaired) electrons. The van der Waals surface area contributed by atoms with E-state index in [1.54, 1.807) is 11.7 Å². The Balaban J connectivity index is 1.48. The van der Waals surface area contributed by atoms with Crippen LogP contribution in [0.25, 0.3) is 11.4 Å². The maximum absolute atomic E-state index is 12.5. The zero-order valence-electron chi connectivity index (χ0n) is 13.6. The summed E-state index contributed by atoms with van der Waals surface area (Å²) in [5.74, 6) is 0.814. The molecule has 4 rings (SSSR count). The molecule has 1 N–H and O–H groups in total.